The molecule has 6 rings (SSSR count). The van der Waals surface area contributed by atoms with Gasteiger partial charge >= 0.3 is 0 Å². The molecule has 5 aliphatic rings. The third kappa shape index (κ3) is 2.22. The van der Waals surface area contributed by atoms with E-state index in [1.165, 1.54) is 50.6 Å². The average Bonchev–Trinajstić information content (AvgIpc) is 3.29. The first-order chi connectivity index (χ1) is 11.6. The van der Waals surface area contributed by atoms with Gasteiger partial charge in [0.1, 0.15) is 0 Å². The molecule has 5 fully saturated rings. The van der Waals surface area contributed by atoms with Gasteiger partial charge in [-0.1, -0.05) is 30.3 Å². The Bertz CT molecular complexity index is 576. The zero-order valence-electron chi connectivity index (χ0n) is 15.0. The Morgan fingerprint density at radius 3 is 2.08 bits per heavy atom. The summed E-state index contributed by atoms with van der Waals surface area (Å²) in [4.78, 5) is 2.74. The summed E-state index contributed by atoms with van der Waals surface area (Å²) < 4.78 is 0. The molecule has 1 N–H and O–H groups in total. The van der Waals surface area contributed by atoms with Gasteiger partial charge in [-0.15, -0.1) is 0 Å². The van der Waals surface area contributed by atoms with Crippen molar-refractivity contribution in [3.63, 3.8) is 0 Å². The molecule has 2 nitrogen and oxygen atoms in total. The predicted octanol–water partition coefficient (Wildman–Crippen LogP) is 3.84. The molecule has 0 amide bonds. The van der Waals surface area contributed by atoms with E-state index in [4.69, 9.17) is 0 Å². The maximum Gasteiger partial charge on any atom is 0.0531 e. The monoisotopic (exact) mass is 325 g/mol. The van der Waals surface area contributed by atoms with Crippen LogP contribution in [0.3, 0.4) is 0 Å². The van der Waals surface area contributed by atoms with E-state index in [2.05, 4.69) is 42.3 Å². The average molecular weight is 325 g/mol. The van der Waals surface area contributed by atoms with Crippen LogP contribution in [-0.4, -0.2) is 35.7 Å². The maximum atomic E-state index is 10.1. The van der Waals surface area contributed by atoms with Gasteiger partial charge in [-0.3, -0.25) is 0 Å². The van der Waals surface area contributed by atoms with Crippen LogP contribution in [0.25, 0.3) is 0 Å². The third-order valence-electron chi connectivity index (χ3n) is 8.17. The van der Waals surface area contributed by atoms with Crippen LogP contribution >= 0.6 is 0 Å². The quantitative estimate of drug-likeness (QED) is 0.889. The molecule has 4 bridgehead atoms. The molecule has 24 heavy (non-hydrogen) atoms. The van der Waals surface area contributed by atoms with E-state index in [-0.39, 0.29) is 5.41 Å². The zero-order chi connectivity index (χ0) is 16.4. The lowest BCUT2D eigenvalue weighted by Crippen LogP contribution is -2.59. The molecule has 2 atom stereocenters. The van der Waals surface area contributed by atoms with Crippen molar-refractivity contribution in [3.05, 3.63) is 35.9 Å². The second-order valence-corrected chi connectivity index (χ2v) is 9.60. The Kier molecular flexibility index (Phi) is 3.41. The Morgan fingerprint density at radius 2 is 1.54 bits per heavy atom. The fraction of sp³-hybridized carbons (Fsp3) is 0.727. The van der Waals surface area contributed by atoms with E-state index in [0.717, 1.165) is 24.2 Å². The second-order valence-electron chi connectivity index (χ2n) is 9.60. The minimum atomic E-state index is 0.0395. The number of hydrogen-bond donors (Lipinski definition) is 1. The highest BCUT2D eigenvalue weighted by molar-refractivity contribution is 5.34. The van der Waals surface area contributed by atoms with Crippen molar-refractivity contribution in [2.24, 2.45) is 23.7 Å². The van der Waals surface area contributed by atoms with Gasteiger partial charge in [0, 0.05) is 17.5 Å². The molecule has 0 heterocycles. The Hall–Kier alpha value is -0.860. The van der Waals surface area contributed by atoms with Crippen LogP contribution in [0.4, 0.5) is 0 Å². The molecule has 130 valence electrons. The van der Waals surface area contributed by atoms with Crippen molar-refractivity contribution in [2.75, 3.05) is 20.2 Å². The van der Waals surface area contributed by atoms with Crippen LogP contribution in [0, 0.1) is 23.7 Å². The Labute approximate surface area is 146 Å². The molecule has 1 aromatic rings. The van der Waals surface area contributed by atoms with Crippen LogP contribution in [0.2, 0.25) is 0 Å². The van der Waals surface area contributed by atoms with Gasteiger partial charge in [-0.2, -0.15) is 0 Å². The number of benzene rings is 1. The van der Waals surface area contributed by atoms with E-state index in [0.29, 0.717) is 18.1 Å². The van der Waals surface area contributed by atoms with E-state index in [1.807, 2.05) is 0 Å². The SMILES string of the molecule is CN(C[C@@H]1C[C@@]1(CO)c1ccccc1)C12CC3CC(CC(C3)C1)C2. The topological polar surface area (TPSA) is 23.5 Å². The summed E-state index contributed by atoms with van der Waals surface area (Å²) in [5, 5.41) is 10.1. The maximum absolute atomic E-state index is 10.1. The molecule has 2 heteroatoms. The van der Waals surface area contributed by atoms with Gasteiger partial charge in [0.15, 0.2) is 0 Å². The van der Waals surface area contributed by atoms with Gasteiger partial charge in [0.2, 0.25) is 0 Å². The lowest BCUT2D eigenvalue weighted by Gasteiger charge is -2.60. The summed E-state index contributed by atoms with van der Waals surface area (Å²) >= 11 is 0. The molecule has 0 radical (unpaired) electrons. The normalized spacial score (nSPS) is 45.8. The number of aliphatic hydroxyl groups is 1. The van der Waals surface area contributed by atoms with Crippen molar-refractivity contribution >= 4 is 0 Å². The lowest BCUT2D eigenvalue weighted by atomic mass is 9.52. The van der Waals surface area contributed by atoms with E-state index in [9.17, 15) is 5.11 Å². The Balaban J connectivity index is 1.32. The standard InChI is InChI=1S/C22H31NO/c1-23(21-10-16-7-17(11-21)9-18(8-16)12-21)14-20-13-22(20,15-24)19-5-3-2-4-6-19/h2-6,16-18,20,24H,7-15H2,1H3/t16?,17?,18?,20-,21?,22+/m0/s1. The van der Waals surface area contributed by atoms with Gasteiger partial charge in [-0.05, 0) is 81.2 Å². The van der Waals surface area contributed by atoms with Gasteiger partial charge in [0.05, 0.1) is 6.61 Å². The minimum Gasteiger partial charge on any atom is -0.395 e. The summed E-state index contributed by atoms with van der Waals surface area (Å²) in [5.41, 5.74) is 1.88. The molecule has 0 aliphatic heterocycles. The van der Waals surface area contributed by atoms with E-state index >= 15 is 0 Å². The van der Waals surface area contributed by atoms with Gasteiger partial charge in [-0.25, -0.2) is 0 Å². The van der Waals surface area contributed by atoms with Crippen molar-refractivity contribution < 1.29 is 5.11 Å². The largest absolute Gasteiger partial charge is 0.395 e. The molecular formula is C22H31NO. The summed E-state index contributed by atoms with van der Waals surface area (Å²) in [6, 6.07) is 10.7. The number of aliphatic hydroxyl groups excluding tert-OH is 1. The molecule has 1 aromatic carbocycles. The molecule has 0 spiro atoms. The van der Waals surface area contributed by atoms with Crippen LogP contribution in [0.1, 0.15) is 50.5 Å². The predicted molar refractivity (Wildman–Crippen MR) is 96.8 cm³/mol. The fourth-order valence-electron chi connectivity index (χ4n) is 7.09. The first kappa shape index (κ1) is 15.4. The first-order valence-electron chi connectivity index (χ1n) is 10.0. The van der Waals surface area contributed by atoms with E-state index in [1.54, 1.807) is 0 Å². The summed E-state index contributed by atoms with van der Waals surface area (Å²) in [6.07, 6.45) is 10.0. The second kappa shape index (κ2) is 5.32. The molecule has 0 aromatic heterocycles. The van der Waals surface area contributed by atoms with Crippen molar-refractivity contribution in [2.45, 2.75) is 55.9 Å². The summed E-state index contributed by atoms with van der Waals surface area (Å²) in [7, 11) is 2.39. The molecule has 0 saturated heterocycles. The number of rotatable bonds is 5. The fourth-order valence-corrected chi connectivity index (χ4v) is 7.09. The smallest absolute Gasteiger partial charge is 0.0531 e. The highest BCUT2D eigenvalue weighted by Gasteiger charge is 2.58. The van der Waals surface area contributed by atoms with Crippen molar-refractivity contribution in [1.82, 2.24) is 4.90 Å². The highest BCUT2D eigenvalue weighted by atomic mass is 16.3. The Morgan fingerprint density at radius 1 is 0.958 bits per heavy atom. The van der Waals surface area contributed by atoms with Gasteiger partial charge < -0.3 is 10.0 Å². The van der Waals surface area contributed by atoms with Crippen LogP contribution in [0.5, 0.6) is 0 Å². The highest BCUT2D eigenvalue weighted by Crippen LogP contribution is 2.59. The number of hydrogen-bond acceptors (Lipinski definition) is 2. The van der Waals surface area contributed by atoms with Crippen molar-refractivity contribution in [1.29, 1.82) is 0 Å². The van der Waals surface area contributed by atoms with Crippen LogP contribution in [-0.2, 0) is 5.41 Å². The first-order valence-corrected chi connectivity index (χ1v) is 10.0. The lowest BCUT2D eigenvalue weighted by molar-refractivity contribution is -0.0810. The molecule has 5 aliphatic carbocycles. The summed E-state index contributed by atoms with van der Waals surface area (Å²) in [5.74, 6) is 3.65. The van der Waals surface area contributed by atoms with Crippen LogP contribution in [0.15, 0.2) is 30.3 Å². The number of nitrogens with zero attached hydrogens (tertiary/aromatic N) is 1. The zero-order valence-corrected chi connectivity index (χ0v) is 15.0. The molecule has 5 saturated carbocycles. The molecule has 0 unspecified atom stereocenters. The van der Waals surface area contributed by atoms with Crippen molar-refractivity contribution in [3.8, 4) is 0 Å². The van der Waals surface area contributed by atoms with E-state index < -0.39 is 0 Å². The third-order valence-corrected chi connectivity index (χ3v) is 8.17. The minimum absolute atomic E-state index is 0.0395. The molecular weight excluding hydrogens is 294 g/mol. The van der Waals surface area contributed by atoms with Crippen LogP contribution < -0.4 is 0 Å². The van der Waals surface area contributed by atoms with Gasteiger partial charge in [0.25, 0.3) is 0 Å². The summed E-state index contributed by atoms with van der Waals surface area (Å²) in [6.45, 7) is 1.47.